The van der Waals surface area contributed by atoms with E-state index in [2.05, 4.69) is 29.4 Å². The van der Waals surface area contributed by atoms with Crippen molar-refractivity contribution in [2.45, 2.75) is 32.7 Å². The summed E-state index contributed by atoms with van der Waals surface area (Å²) >= 11 is 0. The number of aromatic nitrogens is 1. The lowest BCUT2D eigenvalue weighted by Crippen LogP contribution is -2.09. The molecule has 0 fully saturated rings. The topological polar surface area (TPSA) is 24.9 Å². The number of halogens is 1. The number of aryl methyl sites for hydroxylation is 1. The highest BCUT2D eigenvalue weighted by atomic mass is 19.1. The normalized spacial score (nSPS) is 12.2. The van der Waals surface area contributed by atoms with E-state index < -0.39 is 0 Å². The van der Waals surface area contributed by atoms with Gasteiger partial charge in [-0.15, -0.1) is 0 Å². The molecule has 1 atom stereocenters. The van der Waals surface area contributed by atoms with Crippen LogP contribution in [0.3, 0.4) is 0 Å². The van der Waals surface area contributed by atoms with E-state index >= 15 is 0 Å². The summed E-state index contributed by atoms with van der Waals surface area (Å²) in [6.45, 7) is 4.18. The van der Waals surface area contributed by atoms with Crippen LogP contribution in [0.15, 0.2) is 42.7 Å². The predicted octanol–water partition coefficient (Wildman–Crippen LogP) is 4.35. The van der Waals surface area contributed by atoms with Crippen LogP contribution in [0.1, 0.15) is 37.4 Å². The standard InChI is InChI=1S/C16H19FN2/c1-3-6-13-7-4-5-8-16(13)19-12(2)14-9-15(17)11-18-10-14/h4-5,7-12,19H,3,6H2,1-2H3. The maximum atomic E-state index is 13.2. The third-order valence-corrected chi connectivity index (χ3v) is 3.13. The minimum Gasteiger partial charge on any atom is -0.378 e. The third kappa shape index (κ3) is 3.53. The van der Waals surface area contributed by atoms with E-state index in [1.165, 1.54) is 17.8 Å². The van der Waals surface area contributed by atoms with Crippen molar-refractivity contribution in [2.75, 3.05) is 5.32 Å². The molecule has 0 aliphatic heterocycles. The molecule has 2 aromatic rings. The van der Waals surface area contributed by atoms with E-state index in [0.717, 1.165) is 24.1 Å². The van der Waals surface area contributed by atoms with E-state index in [-0.39, 0.29) is 11.9 Å². The van der Waals surface area contributed by atoms with Gasteiger partial charge in [-0.1, -0.05) is 31.5 Å². The smallest absolute Gasteiger partial charge is 0.141 e. The monoisotopic (exact) mass is 258 g/mol. The van der Waals surface area contributed by atoms with Crippen molar-refractivity contribution in [3.8, 4) is 0 Å². The van der Waals surface area contributed by atoms with E-state index in [9.17, 15) is 4.39 Å². The van der Waals surface area contributed by atoms with Crippen molar-refractivity contribution < 1.29 is 4.39 Å². The lowest BCUT2D eigenvalue weighted by atomic mass is 10.1. The minimum atomic E-state index is -0.298. The van der Waals surface area contributed by atoms with Crippen LogP contribution in [0.4, 0.5) is 10.1 Å². The molecule has 0 amide bonds. The van der Waals surface area contributed by atoms with E-state index in [4.69, 9.17) is 0 Å². The molecule has 1 aromatic heterocycles. The van der Waals surface area contributed by atoms with Crippen LogP contribution >= 0.6 is 0 Å². The van der Waals surface area contributed by atoms with Crippen LogP contribution in [0.25, 0.3) is 0 Å². The Morgan fingerprint density at radius 2 is 2.05 bits per heavy atom. The summed E-state index contributed by atoms with van der Waals surface area (Å²) in [6.07, 6.45) is 5.07. The Balaban J connectivity index is 2.16. The van der Waals surface area contributed by atoms with Gasteiger partial charge in [0, 0.05) is 11.9 Å². The predicted molar refractivity (Wildman–Crippen MR) is 76.7 cm³/mol. The first kappa shape index (κ1) is 13.5. The number of anilines is 1. The summed E-state index contributed by atoms with van der Waals surface area (Å²) in [7, 11) is 0. The van der Waals surface area contributed by atoms with Gasteiger partial charge in [0.1, 0.15) is 5.82 Å². The Bertz CT molecular complexity index is 540. The fraction of sp³-hybridized carbons (Fsp3) is 0.312. The van der Waals surface area contributed by atoms with Crippen LogP contribution in [0.5, 0.6) is 0 Å². The zero-order valence-electron chi connectivity index (χ0n) is 11.4. The molecular formula is C16H19FN2. The number of benzene rings is 1. The molecule has 2 rings (SSSR count). The Morgan fingerprint density at radius 3 is 2.79 bits per heavy atom. The molecule has 0 radical (unpaired) electrons. The highest BCUT2D eigenvalue weighted by molar-refractivity contribution is 5.52. The first-order chi connectivity index (χ1) is 9.20. The lowest BCUT2D eigenvalue weighted by molar-refractivity contribution is 0.616. The zero-order chi connectivity index (χ0) is 13.7. The number of hydrogen-bond acceptors (Lipinski definition) is 2. The molecule has 1 heterocycles. The largest absolute Gasteiger partial charge is 0.378 e. The minimum absolute atomic E-state index is 0.0289. The molecule has 100 valence electrons. The van der Waals surface area contributed by atoms with Gasteiger partial charge in [0.2, 0.25) is 0 Å². The first-order valence-corrected chi connectivity index (χ1v) is 6.65. The van der Waals surface area contributed by atoms with Crippen LogP contribution in [-0.2, 0) is 6.42 Å². The molecule has 2 nitrogen and oxygen atoms in total. The Labute approximate surface area is 113 Å². The summed E-state index contributed by atoms with van der Waals surface area (Å²) in [4.78, 5) is 3.89. The maximum Gasteiger partial charge on any atom is 0.141 e. The van der Waals surface area contributed by atoms with Crippen molar-refractivity contribution in [2.24, 2.45) is 0 Å². The van der Waals surface area contributed by atoms with Gasteiger partial charge >= 0.3 is 0 Å². The van der Waals surface area contributed by atoms with Crippen molar-refractivity contribution in [3.05, 3.63) is 59.7 Å². The summed E-state index contributed by atoms with van der Waals surface area (Å²) in [5, 5.41) is 3.43. The summed E-state index contributed by atoms with van der Waals surface area (Å²) < 4.78 is 13.2. The molecule has 1 aromatic carbocycles. The van der Waals surface area contributed by atoms with E-state index in [1.807, 2.05) is 19.1 Å². The fourth-order valence-electron chi connectivity index (χ4n) is 2.13. The lowest BCUT2D eigenvalue weighted by Gasteiger charge is -2.18. The fourth-order valence-corrected chi connectivity index (χ4v) is 2.13. The van der Waals surface area contributed by atoms with Gasteiger partial charge in [-0.3, -0.25) is 4.98 Å². The molecular weight excluding hydrogens is 239 g/mol. The summed E-state index contributed by atoms with van der Waals surface area (Å²) in [5.41, 5.74) is 3.26. The van der Waals surface area contributed by atoms with Crippen LogP contribution in [-0.4, -0.2) is 4.98 Å². The van der Waals surface area contributed by atoms with Crippen molar-refractivity contribution >= 4 is 5.69 Å². The summed E-state index contributed by atoms with van der Waals surface area (Å²) in [6, 6.07) is 9.80. The van der Waals surface area contributed by atoms with Crippen LogP contribution < -0.4 is 5.32 Å². The zero-order valence-corrected chi connectivity index (χ0v) is 11.4. The molecule has 0 saturated heterocycles. The van der Waals surface area contributed by atoms with E-state index in [1.54, 1.807) is 6.20 Å². The van der Waals surface area contributed by atoms with Gasteiger partial charge in [-0.2, -0.15) is 0 Å². The molecule has 0 bridgehead atoms. The van der Waals surface area contributed by atoms with Crippen LogP contribution in [0.2, 0.25) is 0 Å². The second kappa shape index (κ2) is 6.32. The van der Waals surface area contributed by atoms with Gasteiger partial charge in [0.05, 0.1) is 12.2 Å². The molecule has 0 spiro atoms. The Kier molecular flexibility index (Phi) is 4.50. The quantitative estimate of drug-likeness (QED) is 0.862. The van der Waals surface area contributed by atoms with Gasteiger partial charge in [0.25, 0.3) is 0 Å². The number of rotatable bonds is 5. The highest BCUT2D eigenvalue weighted by Crippen LogP contribution is 2.23. The molecule has 0 aliphatic rings. The average molecular weight is 258 g/mol. The van der Waals surface area contributed by atoms with Gasteiger partial charge in [-0.05, 0) is 36.6 Å². The molecule has 1 unspecified atom stereocenters. The van der Waals surface area contributed by atoms with Crippen molar-refractivity contribution in [1.82, 2.24) is 4.98 Å². The second-order valence-corrected chi connectivity index (χ2v) is 4.71. The first-order valence-electron chi connectivity index (χ1n) is 6.65. The highest BCUT2D eigenvalue weighted by Gasteiger charge is 2.09. The maximum absolute atomic E-state index is 13.2. The Hall–Kier alpha value is -1.90. The molecule has 1 N–H and O–H groups in total. The number of pyridine rings is 1. The van der Waals surface area contributed by atoms with Crippen molar-refractivity contribution in [3.63, 3.8) is 0 Å². The second-order valence-electron chi connectivity index (χ2n) is 4.71. The van der Waals surface area contributed by atoms with Gasteiger partial charge in [-0.25, -0.2) is 4.39 Å². The van der Waals surface area contributed by atoms with Gasteiger partial charge in [0.15, 0.2) is 0 Å². The number of nitrogens with zero attached hydrogens (tertiary/aromatic N) is 1. The molecule has 3 heteroatoms. The number of para-hydroxylation sites is 1. The number of nitrogens with one attached hydrogen (secondary N) is 1. The Morgan fingerprint density at radius 1 is 1.26 bits per heavy atom. The van der Waals surface area contributed by atoms with Gasteiger partial charge < -0.3 is 5.32 Å². The molecule has 19 heavy (non-hydrogen) atoms. The van der Waals surface area contributed by atoms with Crippen LogP contribution in [0, 0.1) is 5.82 Å². The number of hydrogen-bond donors (Lipinski definition) is 1. The SMILES string of the molecule is CCCc1ccccc1NC(C)c1cncc(F)c1. The molecule has 0 saturated carbocycles. The third-order valence-electron chi connectivity index (χ3n) is 3.13. The average Bonchev–Trinajstić information content (AvgIpc) is 2.41. The van der Waals surface area contributed by atoms with E-state index in [0.29, 0.717) is 0 Å². The van der Waals surface area contributed by atoms with Crippen molar-refractivity contribution in [1.29, 1.82) is 0 Å². The summed E-state index contributed by atoms with van der Waals surface area (Å²) in [5.74, 6) is -0.298. The molecule has 0 aliphatic carbocycles.